The summed E-state index contributed by atoms with van der Waals surface area (Å²) in [6.07, 6.45) is 0. The molecule has 0 spiro atoms. The van der Waals surface area contributed by atoms with Crippen LogP contribution in [0.2, 0.25) is 0 Å². The molecule has 37 heavy (non-hydrogen) atoms. The van der Waals surface area contributed by atoms with Crippen LogP contribution in [0.3, 0.4) is 0 Å². The third-order valence-corrected chi connectivity index (χ3v) is 9.61. The molecule has 0 radical (unpaired) electrons. The van der Waals surface area contributed by atoms with Gasteiger partial charge in [0.25, 0.3) is 0 Å². The van der Waals surface area contributed by atoms with Gasteiger partial charge >= 0.3 is 0 Å². The van der Waals surface area contributed by atoms with Gasteiger partial charge < -0.3 is 9.38 Å². The highest BCUT2D eigenvalue weighted by atomic mass is 32.1. The Labute approximate surface area is 214 Å². The monoisotopic (exact) mass is 486 g/mol. The molecule has 0 fully saturated rings. The minimum Gasteiger partial charge on any atom is -0.354 e. The molecule has 0 saturated heterocycles. The van der Waals surface area contributed by atoms with Crippen molar-refractivity contribution in [1.82, 2.24) is 9.38 Å². The molecule has 0 aliphatic carbocycles. The predicted octanol–water partition coefficient (Wildman–Crippen LogP) is 9.99. The van der Waals surface area contributed by atoms with Crippen LogP contribution >= 0.6 is 11.3 Å². The summed E-state index contributed by atoms with van der Waals surface area (Å²) < 4.78 is 5.28. The molecule has 0 unspecified atom stereocenters. The molecular formula is C34H18N2S. The zero-order chi connectivity index (χ0) is 23.8. The molecule has 0 amide bonds. The maximum Gasteiger partial charge on any atom is 0.0720 e. The van der Waals surface area contributed by atoms with Crippen molar-refractivity contribution < 1.29 is 0 Å². The minimum atomic E-state index is 1.19. The average molecular weight is 487 g/mol. The molecule has 4 aromatic heterocycles. The quantitative estimate of drug-likeness (QED) is 0.220. The van der Waals surface area contributed by atoms with Gasteiger partial charge in [-0.15, -0.1) is 11.3 Å². The maximum atomic E-state index is 3.73. The van der Waals surface area contributed by atoms with E-state index in [0.29, 0.717) is 0 Å². The second-order valence-electron chi connectivity index (χ2n) is 10.2. The number of H-pyrrole nitrogens is 1. The highest BCUT2D eigenvalue weighted by molar-refractivity contribution is 7.26. The normalized spacial score (nSPS) is 12.9. The number of thiophene rings is 1. The number of fused-ring (bicyclic) bond motifs is 11. The fourth-order valence-corrected chi connectivity index (χ4v) is 8.23. The molecule has 10 rings (SSSR count). The van der Waals surface area contributed by atoms with Crippen LogP contribution in [0.25, 0.3) is 90.8 Å². The van der Waals surface area contributed by atoms with Crippen molar-refractivity contribution >= 4 is 102 Å². The third kappa shape index (κ3) is 2.07. The lowest BCUT2D eigenvalue weighted by molar-refractivity contribution is 1.37. The molecule has 3 heteroatoms. The van der Waals surface area contributed by atoms with E-state index in [9.17, 15) is 0 Å². The van der Waals surface area contributed by atoms with Gasteiger partial charge in [0.15, 0.2) is 0 Å². The first kappa shape index (κ1) is 18.6. The third-order valence-electron chi connectivity index (χ3n) is 8.42. The van der Waals surface area contributed by atoms with Crippen LogP contribution in [0.5, 0.6) is 0 Å². The van der Waals surface area contributed by atoms with E-state index >= 15 is 0 Å². The Bertz CT molecular complexity index is 2570. The fourth-order valence-electron chi connectivity index (χ4n) is 6.99. The van der Waals surface area contributed by atoms with Crippen LogP contribution in [0, 0.1) is 0 Å². The molecule has 0 aliphatic heterocycles. The van der Waals surface area contributed by atoms with Crippen LogP contribution in [-0.2, 0) is 0 Å². The lowest BCUT2D eigenvalue weighted by Gasteiger charge is -2.06. The Morgan fingerprint density at radius 1 is 0.514 bits per heavy atom. The van der Waals surface area contributed by atoms with Crippen molar-refractivity contribution in [2.45, 2.75) is 0 Å². The summed E-state index contributed by atoms with van der Waals surface area (Å²) in [5, 5.41) is 13.2. The molecule has 2 nitrogen and oxygen atoms in total. The first-order valence-corrected chi connectivity index (χ1v) is 13.5. The number of hydrogen-bond acceptors (Lipinski definition) is 1. The van der Waals surface area contributed by atoms with Crippen molar-refractivity contribution in [3.63, 3.8) is 0 Å². The maximum absolute atomic E-state index is 3.73. The molecule has 0 aliphatic rings. The van der Waals surface area contributed by atoms with E-state index in [0.717, 1.165) is 0 Å². The number of aromatic nitrogens is 2. The van der Waals surface area contributed by atoms with E-state index in [-0.39, 0.29) is 0 Å². The number of benzene rings is 6. The van der Waals surface area contributed by atoms with Gasteiger partial charge in [-0.05, 0) is 46.5 Å². The van der Waals surface area contributed by atoms with Crippen LogP contribution in [-0.4, -0.2) is 9.38 Å². The molecule has 4 heterocycles. The summed E-state index contributed by atoms with van der Waals surface area (Å²) in [7, 11) is 0. The van der Waals surface area contributed by atoms with Crippen molar-refractivity contribution in [3.8, 4) is 0 Å². The average Bonchev–Trinajstić information content (AvgIpc) is 3.58. The van der Waals surface area contributed by atoms with E-state index in [4.69, 9.17) is 0 Å². The van der Waals surface area contributed by atoms with Crippen LogP contribution in [0.1, 0.15) is 0 Å². The van der Waals surface area contributed by atoms with E-state index in [1.54, 1.807) is 0 Å². The Hall–Kier alpha value is -4.60. The molecule has 6 aromatic carbocycles. The highest BCUT2D eigenvalue weighted by Crippen LogP contribution is 2.47. The second-order valence-corrected chi connectivity index (χ2v) is 11.2. The summed E-state index contributed by atoms with van der Waals surface area (Å²) in [5.41, 5.74) is 6.28. The number of rotatable bonds is 0. The van der Waals surface area contributed by atoms with Crippen LogP contribution < -0.4 is 0 Å². The SMILES string of the molecule is c1ccc2c(c1)cc1c3ccc4c5ccccc5sc4c3n3c4cccc5[nH]c6cccc(c6c54)c2c13. The van der Waals surface area contributed by atoms with Gasteiger partial charge in [0, 0.05) is 53.4 Å². The number of aromatic amines is 1. The van der Waals surface area contributed by atoms with Crippen molar-refractivity contribution in [1.29, 1.82) is 0 Å². The molecule has 1 N–H and O–H groups in total. The second kappa shape index (κ2) is 6.20. The van der Waals surface area contributed by atoms with E-state index < -0.39 is 0 Å². The molecule has 10 aromatic rings. The first-order chi connectivity index (χ1) is 18.4. The fraction of sp³-hybridized carbons (Fsp3) is 0. The van der Waals surface area contributed by atoms with Gasteiger partial charge in [-0.25, -0.2) is 0 Å². The predicted molar refractivity (Wildman–Crippen MR) is 161 cm³/mol. The highest BCUT2D eigenvalue weighted by Gasteiger charge is 2.22. The van der Waals surface area contributed by atoms with Crippen LogP contribution in [0.4, 0.5) is 0 Å². The number of nitrogens with one attached hydrogen (secondary N) is 1. The lowest BCUT2D eigenvalue weighted by atomic mass is 9.98. The van der Waals surface area contributed by atoms with Gasteiger partial charge in [0.2, 0.25) is 0 Å². The van der Waals surface area contributed by atoms with Crippen molar-refractivity contribution in [2.24, 2.45) is 0 Å². The molecule has 0 atom stereocenters. The smallest absolute Gasteiger partial charge is 0.0720 e. The van der Waals surface area contributed by atoms with E-state index in [1.165, 1.54) is 90.8 Å². The minimum absolute atomic E-state index is 1.19. The molecule has 170 valence electrons. The zero-order valence-electron chi connectivity index (χ0n) is 19.7. The Morgan fingerprint density at radius 2 is 1.27 bits per heavy atom. The number of hydrogen-bond donors (Lipinski definition) is 1. The summed E-state index contributed by atoms with van der Waals surface area (Å²) in [6.45, 7) is 0. The zero-order valence-corrected chi connectivity index (χ0v) is 20.5. The van der Waals surface area contributed by atoms with E-state index in [1.807, 2.05) is 11.3 Å². The van der Waals surface area contributed by atoms with Gasteiger partial charge in [-0.1, -0.05) is 72.8 Å². The summed E-state index contributed by atoms with van der Waals surface area (Å²) >= 11 is 1.92. The van der Waals surface area contributed by atoms with Gasteiger partial charge in [-0.3, -0.25) is 0 Å². The number of nitrogens with zero attached hydrogens (tertiary/aromatic N) is 1. The lowest BCUT2D eigenvalue weighted by Crippen LogP contribution is -1.86. The Morgan fingerprint density at radius 3 is 2.22 bits per heavy atom. The van der Waals surface area contributed by atoms with Crippen LogP contribution in [0.15, 0.2) is 103 Å². The Kier molecular flexibility index (Phi) is 3.12. The molecule has 0 saturated carbocycles. The first-order valence-electron chi connectivity index (χ1n) is 12.7. The summed E-state index contributed by atoms with van der Waals surface area (Å²) in [5.74, 6) is 0. The van der Waals surface area contributed by atoms with Gasteiger partial charge in [0.05, 0.1) is 21.3 Å². The largest absolute Gasteiger partial charge is 0.354 e. The van der Waals surface area contributed by atoms with Crippen molar-refractivity contribution in [3.05, 3.63) is 103 Å². The molecule has 0 bridgehead atoms. The van der Waals surface area contributed by atoms with Gasteiger partial charge in [0.1, 0.15) is 0 Å². The van der Waals surface area contributed by atoms with Gasteiger partial charge in [-0.2, -0.15) is 0 Å². The standard InChI is InChI=1S/C34H18N2S/c1-2-8-19-18(7-1)17-24-21-15-16-22-20-9-3-4-14-28(20)37-34(22)33(21)36-27-13-6-12-26-31(27)30-23(29(19)32(24)36)10-5-11-25(30)35-26/h1-17,35H. The van der Waals surface area contributed by atoms with E-state index in [2.05, 4.69) is 113 Å². The summed E-state index contributed by atoms with van der Waals surface area (Å²) in [6, 6.07) is 38.3. The van der Waals surface area contributed by atoms with Crippen molar-refractivity contribution in [2.75, 3.05) is 0 Å². The molecular weight excluding hydrogens is 468 g/mol. The summed E-state index contributed by atoms with van der Waals surface area (Å²) in [4.78, 5) is 3.73. The topological polar surface area (TPSA) is 20.2 Å². The Balaban J connectivity index is 1.69.